The number of nitrogens with zero attached hydrogens (tertiary/aromatic N) is 2. The van der Waals surface area contributed by atoms with Gasteiger partial charge in [0, 0.05) is 12.6 Å². The van der Waals surface area contributed by atoms with E-state index in [9.17, 15) is 4.57 Å². The van der Waals surface area contributed by atoms with Gasteiger partial charge in [-0.05, 0) is 52.2 Å². The van der Waals surface area contributed by atoms with Crippen LogP contribution in [0.2, 0.25) is 0 Å². The van der Waals surface area contributed by atoms with Crippen molar-refractivity contribution in [2.75, 3.05) is 47.0 Å². The van der Waals surface area contributed by atoms with Gasteiger partial charge >= 0.3 is 7.60 Å². The molecule has 0 aromatic heterocycles. The molecule has 0 radical (unpaired) electrons. The summed E-state index contributed by atoms with van der Waals surface area (Å²) in [6, 6.07) is 8.02. The Morgan fingerprint density at radius 3 is 2.36 bits per heavy atom. The zero-order chi connectivity index (χ0) is 18.9. The molecule has 1 aromatic carbocycles. The first-order valence-corrected chi connectivity index (χ1v) is 10.0. The summed E-state index contributed by atoms with van der Waals surface area (Å²) in [5.74, 6) is 6.65. The van der Waals surface area contributed by atoms with Gasteiger partial charge in [-0.2, -0.15) is 0 Å². The van der Waals surface area contributed by atoms with Gasteiger partial charge in [-0.1, -0.05) is 18.1 Å². The maximum atomic E-state index is 10.8. The summed E-state index contributed by atoms with van der Waals surface area (Å²) >= 11 is 0. The summed E-state index contributed by atoms with van der Waals surface area (Å²) in [6.45, 7) is 3.52. The van der Waals surface area contributed by atoms with Crippen molar-refractivity contribution >= 4 is 7.60 Å². The standard InChI is InChI=1S/C18H29N2O4P/c1-5-6-11-20(4)17(15-19(2)3)14-16-7-9-18(10-8-16)24-12-13-25(21,22)23/h7-10,17H,11-15H2,1-4H3,(H2,21,22,23)/t17-/m0/s1. The molecule has 0 amide bonds. The molecule has 6 nitrogen and oxygen atoms in total. The van der Waals surface area contributed by atoms with Crippen molar-refractivity contribution in [1.82, 2.24) is 9.80 Å². The van der Waals surface area contributed by atoms with Crippen molar-refractivity contribution in [2.24, 2.45) is 0 Å². The predicted octanol–water partition coefficient (Wildman–Crippen LogP) is 1.67. The van der Waals surface area contributed by atoms with E-state index in [2.05, 4.69) is 42.8 Å². The van der Waals surface area contributed by atoms with Crippen LogP contribution in [0.1, 0.15) is 12.5 Å². The van der Waals surface area contributed by atoms with Crippen LogP contribution in [0.4, 0.5) is 0 Å². The molecule has 0 fully saturated rings. The van der Waals surface area contributed by atoms with Crippen molar-refractivity contribution in [1.29, 1.82) is 0 Å². The number of likely N-dealkylation sites (N-methyl/N-ethyl adjacent to an activating group) is 2. The Kier molecular flexibility index (Phi) is 9.20. The molecule has 1 aromatic rings. The van der Waals surface area contributed by atoms with Gasteiger partial charge in [-0.25, -0.2) is 0 Å². The summed E-state index contributed by atoms with van der Waals surface area (Å²) in [7, 11) is 2.19. The van der Waals surface area contributed by atoms with Crippen LogP contribution >= 0.6 is 7.60 Å². The van der Waals surface area contributed by atoms with E-state index in [1.807, 2.05) is 31.2 Å². The number of rotatable bonds is 10. The molecule has 1 atom stereocenters. The van der Waals surface area contributed by atoms with Gasteiger partial charge in [0.15, 0.2) is 0 Å². The minimum atomic E-state index is -4.01. The lowest BCUT2D eigenvalue weighted by atomic mass is 10.0. The molecule has 140 valence electrons. The fourth-order valence-corrected chi connectivity index (χ4v) is 2.72. The molecule has 1 rings (SSSR count). The second kappa shape index (κ2) is 10.6. The molecule has 0 spiro atoms. The quantitative estimate of drug-likeness (QED) is 0.484. The molecule has 0 bridgehead atoms. The molecule has 2 N–H and O–H groups in total. The van der Waals surface area contributed by atoms with Gasteiger partial charge < -0.3 is 19.4 Å². The molecule has 0 unspecified atom stereocenters. The fraction of sp³-hybridized carbons (Fsp3) is 0.556. The Bertz CT molecular complexity index is 616. The molecular weight excluding hydrogens is 339 g/mol. The van der Waals surface area contributed by atoms with Gasteiger partial charge in [-0.3, -0.25) is 9.46 Å². The highest BCUT2D eigenvalue weighted by Crippen LogP contribution is 2.33. The summed E-state index contributed by atoms with van der Waals surface area (Å²) in [4.78, 5) is 22.1. The maximum Gasteiger partial charge on any atom is 0.328 e. The lowest BCUT2D eigenvalue weighted by Crippen LogP contribution is -2.41. The number of benzene rings is 1. The molecule has 0 aliphatic carbocycles. The average Bonchev–Trinajstić information content (AvgIpc) is 2.52. The van der Waals surface area contributed by atoms with E-state index in [4.69, 9.17) is 14.5 Å². The molecule has 0 saturated carbocycles. The van der Waals surface area contributed by atoms with Crippen LogP contribution in [-0.4, -0.2) is 72.6 Å². The Labute approximate surface area is 150 Å². The van der Waals surface area contributed by atoms with Crippen molar-refractivity contribution in [2.45, 2.75) is 19.4 Å². The smallest absolute Gasteiger partial charge is 0.328 e. The zero-order valence-electron chi connectivity index (χ0n) is 15.5. The van der Waals surface area contributed by atoms with Crippen molar-refractivity contribution in [3.05, 3.63) is 29.8 Å². The SMILES string of the molecule is CC#CCN(C)[C@@H](Cc1ccc(OCCP(=O)(O)O)cc1)CN(C)C. The van der Waals surface area contributed by atoms with E-state index in [-0.39, 0.29) is 12.8 Å². The largest absolute Gasteiger partial charge is 0.493 e. The third kappa shape index (κ3) is 9.64. The first-order valence-electron chi connectivity index (χ1n) is 8.22. The second-order valence-electron chi connectivity index (χ2n) is 6.34. The van der Waals surface area contributed by atoms with E-state index < -0.39 is 7.60 Å². The van der Waals surface area contributed by atoms with Crippen LogP contribution in [0.5, 0.6) is 5.75 Å². The van der Waals surface area contributed by atoms with Crippen LogP contribution in [0.25, 0.3) is 0 Å². The highest BCUT2D eigenvalue weighted by Gasteiger charge is 2.16. The van der Waals surface area contributed by atoms with Crippen molar-refractivity contribution < 1.29 is 19.1 Å². The topological polar surface area (TPSA) is 73.2 Å². The average molecular weight is 368 g/mol. The van der Waals surface area contributed by atoms with Gasteiger partial charge in [0.1, 0.15) is 5.75 Å². The lowest BCUT2D eigenvalue weighted by molar-refractivity contribution is 0.212. The fourth-order valence-electron chi connectivity index (χ4n) is 2.39. The van der Waals surface area contributed by atoms with Gasteiger partial charge in [0.25, 0.3) is 0 Å². The third-order valence-electron chi connectivity index (χ3n) is 3.75. The Morgan fingerprint density at radius 1 is 1.20 bits per heavy atom. The van der Waals surface area contributed by atoms with E-state index in [0.717, 1.165) is 19.5 Å². The summed E-state index contributed by atoms with van der Waals surface area (Å²) in [5, 5.41) is 0. The molecule has 0 saturated heterocycles. The highest BCUT2D eigenvalue weighted by molar-refractivity contribution is 7.51. The van der Waals surface area contributed by atoms with Crippen molar-refractivity contribution in [3.63, 3.8) is 0 Å². The Morgan fingerprint density at radius 2 is 1.84 bits per heavy atom. The lowest BCUT2D eigenvalue weighted by Gasteiger charge is -2.29. The molecule has 7 heteroatoms. The summed E-state index contributed by atoms with van der Waals surface area (Å²) in [5.41, 5.74) is 1.19. The van der Waals surface area contributed by atoms with Gasteiger partial charge in [0.2, 0.25) is 0 Å². The first-order chi connectivity index (χ1) is 11.7. The van der Waals surface area contributed by atoms with Crippen LogP contribution in [0.15, 0.2) is 24.3 Å². The maximum absolute atomic E-state index is 10.8. The molecule has 0 heterocycles. The van der Waals surface area contributed by atoms with E-state index in [1.165, 1.54) is 5.56 Å². The Balaban J connectivity index is 2.64. The van der Waals surface area contributed by atoms with Crippen LogP contribution < -0.4 is 4.74 Å². The summed E-state index contributed by atoms with van der Waals surface area (Å²) < 4.78 is 16.2. The van der Waals surface area contributed by atoms with E-state index in [1.54, 1.807) is 0 Å². The minimum Gasteiger partial charge on any atom is -0.493 e. The van der Waals surface area contributed by atoms with Crippen LogP contribution in [0.3, 0.4) is 0 Å². The number of hydrogen-bond donors (Lipinski definition) is 2. The number of hydrogen-bond acceptors (Lipinski definition) is 4. The monoisotopic (exact) mass is 368 g/mol. The normalized spacial score (nSPS) is 12.8. The van der Waals surface area contributed by atoms with Crippen LogP contribution in [-0.2, 0) is 11.0 Å². The molecule has 25 heavy (non-hydrogen) atoms. The minimum absolute atomic E-state index is 0.00526. The van der Waals surface area contributed by atoms with E-state index >= 15 is 0 Å². The second-order valence-corrected chi connectivity index (χ2v) is 8.12. The third-order valence-corrected chi connectivity index (χ3v) is 4.52. The Hall–Kier alpha value is -1.35. The first kappa shape index (κ1) is 21.7. The predicted molar refractivity (Wildman–Crippen MR) is 101 cm³/mol. The molecule has 0 aliphatic heterocycles. The van der Waals surface area contributed by atoms with Gasteiger partial charge in [0.05, 0.1) is 19.3 Å². The summed E-state index contributed by atoms with van der Waals surface area (Å²) in [6.07, 6.45) is 0.617. The molecular formula is C18H29N2O4P. The van der Waals surface area contributed by atoms with Gasteiger partial charge in [-0.15, -0.1) is 5.92 Å². The van der Waals surface area contributed by atoms with Crippen LogP contribution in [0, 0.1) is 11.8 Å². The molecule has 0 aliphatic rings. The van der Waals surface area contributed by atoms with E-state index in [0.29, 0.717) is 11.8 Å². The van der Waals surface area contributed by atoms with Crippen molar-refractivity contribution in [3.8, 4) is 17.6 Å². The zero-order valence-corrected chi connectivity index (χ0v) is 16.4. The highest BCUT2D eigenvalue weighted by atomic mass is 31.2. The number of ether oxygens (including phenoxy) is 1.